The van der Waals surface area contributed by atoms with Crippen LogP contribution < -0.4 is 5.73 Å². The number of rotatable bonds is 43. The Morgan fingerprint density at radius 2 is 0.800 bits per heavy atom. The van der Waals surface area contributed by atoms with Crippen LogP contribution in [0.4, 0.5) is 0 Å². The third-order valence-electron chi connectivity index (χ3n) is 10.1. The predicted octanol–water partition coefficient (Wildman–Crippen LogP) is 11.9. The SMILES string of the molecule is CCCCCCCCCCCCCCCCCCCCCCC(=O)OC(COC(=O)CCCCCCCCCCCCC)COP(=O)(O)OCC(N)C(=O)O. The molecule has 55 heavy (non-hydrogen) atoms. The molecule has 12 heteroatoms. The van der Waals surface area contributed by atoms with E-state index < -0.39 is 51.1 Å². The van der Waals surface area contributed by atoms with Crippen LogP contribution in [0.25, 0.3) is 0 Å². The molecule has 0 aromatic heterocycles. The first kappa shape index (κ1) is 53.5. The molecule has 0 saturated heterocycles. The van der Waals surface area contributed by atoms with Gasteiger partial charge in [-0.25, -0.2) is 4.57 Å². The molecule has 11 nitrogen and oxygen atoms in total. The Morgan fingerprint density at radius 1 is 0.491 bits per heavy atom. The minimum atomic E-state index is -4.71. The minimum absolute atomic E-state index is 0.170. The second-order valence-corrected chi connectivity index (χ2v) is 17.0. The maximum Gasteiger partial charge on any atom is 0.472 e. The van der Waals surface area contributed by atoms with Crippen LogP contribution in [0.5, 0.6) is 0 Å². The van der Waals surface area contributed by atoms with Gasteiger partial charge in [-0.05, 0) is 12.8 Å². The molecule has 0 amide bonds. The van der Waals surface area contributed by atoms with Crippen LogP contribution in [0.1, 0.15) is 226 Å². The highest BCUT2D eigenvalue weighted by molar-refractivity contribution is 7.47. The number of carbonyl (C=O) groups is 3. The molecule has 0 aromatic carbocycles. The second kappa shape index (κ2) is 39.3. The second-order valence-electron chi connectivity index (χ2n) is 15.6. The van der Waals surface area contributed by atoms with E-state index in [2.05, 4.69) is 18.4 Å². The average Bonchev–Trinajstić information content (AvgIpc) is 3.16. The molecular formula is C43H84NO10P. The van der Waals surface area contributed by atoms with E-state index in [1.807, 2.05) is 0 Å². The van der Waals surface area contributed by atoms with E-state index in [1.165, 1.54) is 148 Å². The number of unbranched alkanes of at least 4 members (excludes halogenated alkanes) is 29. The van der Waals surface area contributed by atoms with Gasteiger partial charge in [0, 0.05) is 12.8 Å². The maximum absolute atomic E-state index is 12.6. The number of nitrogens with two attached hydrogens (primary N) is 1. The van der Waals surface area contributed by atoms with Crippen LogP contribution >= 0.6 is 7.82 Å². The highest BCUT2D eigenvalue weighted by Gasteiger charge is 2.28. The summed E-state index contributed by atoms with van der Waals surface area (Å²) in [6, 6.07) is -1.52. The van der Waals surface area contributed by atoms with Crippen molar-refractivity contribution >= 4 is 25.7 Å². The predicted molar refractivity (Wildman–Crippen MR) is 222 cm³/mol. The topological polar surface area (TPSA) is 172 Å². The summed E-state index contributed by atoms with van der Waals surface area (Å²) in [5.74, 6) is -2.36. The van der Waals surface area contributed by atoms with Crippen LogP contribution in [-0.2, 0) is 37.5 Å². The summed E-state index contributed by atoms with van der Waals surface area (Å²) < 4.78 is 32.7. The summed E-state index contributed by atoms with van der Waals surface area (Å²) in [5, 5.41) is 8.88. The first-order valence-corrected chi connectivity index (χ1v) is 24.1. The van der Waals surface area contributed by atoms with Gasteiger partial charge in [0.1, 0.15) is 12.6 Å². The fourth-order valence-corrected chi connectivity index (χ4v) is 7.32. The van der Waals surface area contributed by atoms with Crippen molar-refractivity contribution in [3.05, 3.63) is 0 Å². The van der Waals surface area contributed by atoms with Gasteiger partial charge in [0.25, 0.3) is 0 Å². The molecule has 0 fully saturated rings. The Bertz CT molecular complexity index is 952. The van der Waals surface area contributed by atoms with Crippen molar-refractivity contribution in [3.63, 3.8) is 0 Å². The number of hydrogen-bond donors (Lipinski definition) is 3. The Hall–Kier alpha value is -1.52. The van der Waals surface area contributed by atoms with E-state index in [9.17, 15) is 23.8 Å². The van der Waals surface area contributed by atoms with Crippen molar-refractivity contribution in [2.45, 2.75) is 238 Å². The van der Waals surface area contributed by atoms with Gasteiger partial charge in [-0.2, -0.15) is 0 Å². The molecule has 0 aliphatic heterocycles. The van der Waals surface area contributed by atoms with Crippen LogP contribution in [0.2, 0.25) is 0 Å². The van der Waals surface area contributed by atoms with E-state index in [-0.39, 0.29) is 19.4 Å². The molecular weight excluding hydrogens is 721 g/mol. The minimum Gasteiger partial charge on any atom is -0.480 e. The van der Waals surface area contributed by atoms with Gasteiger partial charge in [-0.15, -0.1) is 0 Å². The van der Waals surface area contributed by atoms with Crippen molar-refractivity contribution in [1.29, 1.82) is 0 Å². The van der Waals surface area contributed by atoms with E-state index in [4.69, 9.17) is 24.8 Å². The number of hydrogen-bond acceptors (Lipinski definition) is 9. The van der Waals surface area contributed by atoms with Crippen LogP contribution in [0.3, 0.4) is 0 Å². The molecule has 0 aliphatic carbocycles. The first-order valence-electron chi connectivity index (χ1n) is 22.6. The summed E-state index contributed by atoms with van der Waals surface area (Å²) in [7, 11) is -4.71. The standard InChI is InChI=1S/C43H84NO10P/c1-3-5-7-9-11-13-15-16-17-18-19-20-21-22-23-25-27-29-31-33-35-42(46)54-39(37-52-55(49,50)53-38-40(44)43(47)48)36-51-41(45)34-32-30-28-26-24-14-12-10-8-6-4-2/h39-40H,3-38,44H2,1-2H3,(H,47,48)(H,49,50). The van der Waals surface area contributed by atoms with Crippen LogP contribution in [0.15, 0.2) is 0 Å². The Morgan fingerprint density at radius 3 is 1.15 bits per heavy atom. The van der Waals surface area contributed by atoms with Gasteiger partial charge in [0.2, 0.25) is 0 Å². The lowest BCUT2D eigenvalue weighted by molar-refractivity contribution is -0.161. The van der Waals surface area contributed by atoms with Crippen molar-refractivity contribution in [1.82, 2.24) is 0 Å². The normalized spacial score (nSPS) is 13.7. The zero-order valence-electron chi connectivity index (χ0n) is 35.3. The zero-order chi connectivity index (χ0) is 40.7. The third-order valence-corrected chi connectivity index (χ3v) is 11.1. The average molecular weight is 806 g/mol. The van der Waals surface area contributed by atoms with Gasteiger partial charge < -0.3 is 25.2 Å². The maximum atomic E-state index is 12.6. The van der Waals surface area contributed by atoms with E-state index in [1.54, 1.807) is 0 Å². The molecule has 326 valence electrons. The summed E-state index contributed by atoms with van der Waals surface area (Å²) in [4.78, 5) is 45.9. The molecule has 3 atom stereocenters. The number of carboxylic acids is 1. The molecule has 0 bridgehead atoms. The first-order chi connectivity index (χ1) is 26.6. The van der Waals surface area contributed by atoms with Crippen LogP contribution in [0, 0.1) is 0 Å². The number of phosphoric ester groups is 1. The zero-order valence-corrected chi connectivity index (χ0v) is 36.2. The van der Waals surface area contributed by atoms with E-state index in [0.29, 0.717) is 12.8 Å². The molecule has 3 unspecified atom stereocenters. The number of esters is 2. The van der Waals surface area contributed by atoms with Crippen molar-refractivity contribution in [2.24, 2.45) is 5.73 Å². The fourth-order valence-electron chi connectivity index (χ4n) is 6.54. The molecule has 0 spiro atoms. The lowest BCUT2D eigenvalue weighted by Crippen LogP contribution is -2.34. The van der Waals surface area contributed by atoms with Gasteiger partial charge in [-0.3, -0.25) is 23.4 Å². The Kier molecular flexibility index (Phi) is 38.2. The third kappa shape index (κ3) is 39.1. The monoisotopic (exact) mass is 806 g/mol. The Balaban J connectivity index is 4.23. The van der Waals surface area contributed by atoms with E-state index in [0.717, 1.165) is 38.5 Å². The molecule has 4 N–H and O–H groups in total. The number of aliphatic carboxylic acids is 1. The smallest absolute Gasteiger partial charge is 0.472 e. The number of carbonyl (C=O) groups excluding carboxylic acids is 2. The number of phosphoric acid groups is 1. The molecule has 0 radical (unpaired) electrons. The summed E-state index contributed by atoms with van der Waals surface area (Å²) in [6.45, 7) is 2.83. The lowest BCUT2D eigenvalue weighted by atomic mass is 10.0. The fraction of sp³-hybridized carbons (Fsp3) is 0.930. The quantitative estimate of drug-likeness (QED) is 0.0304. The van der Waals surface area contributed by atoms with Gasteiger partial charge in [0.05, 0.1) is 13.2 Å². The lowest BCUT2D eigenvalue weighted by Gasteiger charge is -2.20. The van der Waals surface area contributed by atoms with Crippen molar-refractivity contribution < 1.29 is 47.5 Å². The molecule has 0 heterocycles. The van der Waals surface area contributed by atoms with Gasteiger partial charge in [-0.1, -0.05) is 200 Å². The highest BCUT2D eigenvalue weighted by Crippen LogP contribution is 2.43. The summed E-state index contributed by atoms with van der Waals surface area (Å²) in [6.07, 6.45) is 37.4. The van der Waals surface area contributed by atoms with Crippen molar-refractivity contribution in [3.8, 4) is 0 Å². The summed E-state index contributed by atoms with van der Waals surface area (Å²) in [5.41, 5.74) is 5.33. The Labute approximate surface area is 335 Å². The van der Waals surface area contributed by atoms with E-state index >= 15 is 0 Å². The highest BCUT2D eigenvalue weighted by atomic mass is 31.2. The van der Waals surface area contributed by atoms with Crippen molar-refractivity contribution in [2.75, 3.05) is 19.8 Å². The largest absolute Gasteiger partial charge is 0.480 e. The number of ether oxygens (including phenoxy) is 2. The van der Waals surface area contributed by atoms with Gasteiger partial charge >= 0.3 is 25.7 Å². The molecule has 0 aromatic rings. The molecule has 0 saturated carbocycles. The summed E-state index contributed by atoms with van der Waals surface area (Å²) >= 11 is 0. The molecule has 0 aliphatic rings. The van der Waals surface area contributed by atoms with Crippen LogP contribution in [-0.4, -0.2) is 59.9 Å². The molecule has 0 rings (SSSR count). The van der Waals surface area contributed by atoms with Gasteiger partial charge in [0.15, 0.2) is 6.10 Å². The number of carboxylic acid groups (broad SMARTS) is 1.